The number of halogens is 2. The average molecular weight is 157 g/mol. The smallest absolute Gasteiger partial charge is 0.207 e. The zero-order valence-electron chi connectivity index (χ0n) is 6.11. The molecule has 60 valence electrons. The molecule has 1 nitrogen and oxygen atoms in total. The van der Waals surface area contributed by atoms with Crippen molar-refractivity contribution in [2.75, 3.05) is 0 Å². The van der Waals surface area contributed by atoms with E-state index in [0.717, 1.165) is 12.8 Å². The number of rotatable bonds is 1. The topological polar surface area (TPSA) is 23.8 Å². The first-order valence-corrected chi connectivity index (χ1v) is 3.87. The highest BCUT2D eigenvalue weighted by Crippen LogP contribution is 2.61. The Balaban J connectivity index is 1.98. The van der Waals surface area contributed by atoms with Crippen LogP contribution in [0, 0.1) is 22.7 Å². The second-order valence-electron chi connectivity index (χ2n) is 3.73. The minimum Gasteiger partial charge on any atom is -0.207 e. The third-order valence-corrected chi connectivity index (χ3v) is 2.88. The fourth-order valence-corrected chi connectivity index (χ4v) is 1.80. The standard InChI is InChI=1S/C8H9F2N/c9-8(10)3-6(4-8)7(5-11)1-2-7/h6H,1-4H2. The van der Waals surface area contributed by atoms with Crippen molar-refractivity contribution < 1.29 is 8.78 Å². The molecule has 0 bridgehead atoms. The molecule has 0 unspecified atom stereocenters. The molecule has 0 aromatic heterocycles. The summed E-state index contributed by atoms with van der Waals surface area (Å²) >= 11 is 0. The van der Waals surface area contributed by atoms with Crippen LogP contribution in [0.4, 0.5) is 8.78 Å². The molecule has 0 atom stereocenters. The molecule has 0 aromatic carbocycles. The van der Waals surface area contributed by atoms with Gasteiger partial charge < -0.3 is 0 Å². The van der Waals surface area contributed by atoms with Gasteiger partial charge in [-0.2, -0.15) is 5.26 Å². The lowest BCUT2D eigenvalue weighted by Gasteiger charge is -2.37. The van der Waals surface area contributed by atoms with Gasteiger partial charge >= 0.3 is 0 Å². The molecule has 0 spiro atoms. The number of alkyl halides is 2. The van der Waals surface area contributed by atoms with E-state index in [0.29, 0.717) is 0 Å². The summed E-state index contributed by atoms with van der Waals surface area (Å²) in [5.74, 6) is -2.47. The van der Waals surface area contributed by atoms with Gasteiger partial charge in [-0.1, -0.05) is 0 Å². The van der Waals surface area contributed by atoms with Crippen molar-refractivity contribution in [3.05, 3.63) is 0 Å². The molecule has 2 fully saturated rings. The maximum absolute atomic E-state index is 12.4. The molecule has 0 aromatic rings. The number of hydrogen-bond acceptors (Lipinski definition) is 1. The van der Waals surface area contributed by atoms with Crippen LogP contribution in [0.15, 0.2) is 0 Å². The molecular weight excluding hydrogens is 148 g/mol. The summed E-state index contributed by atoms with van der Waals surface area (Å²) in [7, 11) is 0. The fraction of sp³-hybridized carbons (Fsp3) is 0.875. The molecule has 11 heavy (non-hydrogen) atoms. The maximum atomic E-state index is 12.4. The second-order valence-corrected chi connectivity index (χ2v) is 3.73. The number of nitrogens with zero attached hydrogens (tertiary/aromatic N) is 1. The quantitative estimate of drug-likeness (QED) is 0.573. The summed E-state index contributed by atoms with van der Waals surface area (Å²) in [6.45, 7) is 0. The van der Waals surface area contributed by atoms with E-state index in [2.05, 4.69) is 6.07 Å². The normalized spacial score (nSPS) is 32.1. The molecule has 0 amide bonds. The molecular formula is C8H9F2N. The highest BCUT2D eigenvalue weighted by atomic mass is 19.3. The van der Waals surface area contributed by atoms with Crippen LogP contribution in [0.3, 0.4) is 0 Å². The van der Waals surface area contributed by atoms with E-state index >= 15 is 0 Å². The van der Waals surface area contributed by atoms with Gasteiger partial charge in [0, 0.05) is 12.8 Å². The predicted molar refractivity (Wildman–Crippen MR) is 35.0 cm³/mol. The monoisotopic (exact) mass is 157 g/mol. The van der Waals surface area contributed by atoms with E-state index in [-0.39, 0.29) is 24.2 Å². The van der Waals surface area contributed by atoms with E-state index in [1.165, 1.54) is 0 Å². The summed E-state index contributed by atoms with van der Waals surface area (Å²) < 4.78 is 24.7. The number of hydrogen-bond donors (Lipinski definition) is 0. The van der Waals surface area contributed by atoms with Crippen LogP contribution < -0.4 is 0 Å². The van der Waals surface area contributed by atoms with Gasteiger partial charge in [0.25, 0.3) is 0 Å². The lowest BCUT2D eigenvalue weighted by atomic mass is 9.71. The molecule has 0 N–H and O–H groups in total. The van der Waals surface area contributed by atoms with Gasteiger partial charge in [0.05, 0.1) is 11.5 Å². The molecule has 2 rings (SSSR count). The van der Waals surface area contributed by atoms with Crippen molar-refractivity contribution in [3.63, 3.8) is 0 Å². The fourth-order valence-electron chi connectivity index (χ4n) is 1.80. The van der Waals surface area contributed by atoms with Crippen molar-refractivity contribution in [1.29, 1.82) is 5.26 Å². The van der Waals surface area contributed by atoms with Crippen LogP contribution in [0.2, 0.25) is 0 Å². The molecule has 3 heteroatoms. The van der Waals surface area contributed by atoms with E-state index in [4.69, 9.17) is 5.26 Å². The van der Waals surface area contributed by atoms with Crippen LogP contribution in [-0.4, -0.2) is 5.92 Å². The lowest BCUT2D eigenvalue weighted by Crippen LogP contribution is -2.40. The number of nitriles is 1. The molecule has 0 aliphatic heterocycles. The van der Waals surface area contributed by atoms with E-state index in [1.54, 1.807) is 0 Å². The maximum Gasteiger partial charge on any atom is 0.248 e. The first kappa shape index (κ1) is 7.02. The molecule has 0 heterocycles. The Labute approximate surface area is 64.0 Å². The van der Waals surface area contributed by atoms with Crippen LogP contribution in [0.25, 0.3) is 0 Å². The van der Waals surface area contributed by atoms with Crippen molar-refractivity contribution >= 4 is 0 Å². The Morgan fingerprint density at radius 1 is 1.27 bits per heavy atom. The van der Waals surface area contributed by atoms with Gasteiger partial charge in [-0.25, -0.2) is 8.78 Å². The minimum absolute atomic E-state index is 0.0116. The summed E-state index contributed by atoms with van der Waals surface area (Å²) in [4.78, 5) is 0. The Morgan fingerprint density at radius 3 is 2.09 bits per heavy atom. The second kappa shape index (κ2) is 1.74. The molecule has 2 aliphatic rings. The molecule has 0 radical (unpaired) electrons. The molecule has 2 aliphatic carbocycles. The summed E-state index contributed by atoms with van der Waals surface area (Å²) in [5, 5.41) is 8.67. The summed E-state index contributed by atoms with van der Waals surface area (Å²) in [5.41, 5.74) is -0.332. The first-order chi connectivity index (χ1) is 5.08. The van der Waals surface area contributed by atoms with Crippen molar-refractivity contribution in [1.82, 2.24) is 0 Å². The van der Waals surface area contributed by atoms with Gasteiger partial charge in [0.2, 0.25) is 5.92 Å². The minimum atomic E-state index is -2.46. The van der Waals surface area contributed by atoms with Gasteiger partial charge in [-0.15, -0.1) is 0 Å². The Morgan fingerprint density at radius 2 is 1.82 bits per heavy atom. The van der Waals surface area contributed by atoms with Gasteiger partial charge in [-0.05, 0) is 18.8 Å². The van der Waals surface area contributed by atoms with Crippen molar-refractivity contribution in [2.45, 2.75) is 31.6 Å². The molecule has 2 saturated carbocycles. The largest absolute Gasteiger partial charge is 0.248 e. The van der Waals surface area contributed by atoms with E-state index < -0.39 is 5.92 Å². The molecule has 0 saturated heterocycles. The van der Waals surface area contributed by atoms with Gasteiger partial charge in [0.15, 0.2) is 0 Å². The third-order valence-electron chi connectivity index (χ3n) is 2.88. The average Bonchev–Trinajstić information content (AvgIpc) is 2.62. The summed E-state index contributed by atoms with van der Waals surface area (Å²) in [6.07, 6.45) is 1.57. The van der Waals surface area contributed by atoms with Gasteiger partial charge in [-0.3, -0.25) is 0 Å². The van der Waals surface area contributed by atoms with Crippen LogP contribution in [0.5, 0.6) is 0 Å². The van der Waals surface area contributed by atoms with E-state index in [9.17, 15) is 8.78 Å². The summed E-state index contributed by atoms with van der Waals surface area (Å²) in [6, 6.07) is 2.16. The van der Waals surface area contributed by atoms with E-state index in [1.807, 2.05) is 0 Å². The highest BCUT2D eigenvalue weighted by Gasteiger charge is 2.60. The first-order valence-electron chi connectivity index (χ1n) is 3.87. The Kier molecular flexibility index (Phi) is 1.11. The van der Waals surface area contributed by atoms with Crippen molar-refractivity contribution in [2.24, 2.45) is 11.3 Å². The highest BCUT2D eigenvalue weighted by molar-refractivity contribution is 5.16. The zero-order valence-corrected chi connectivity index (χ0v) is 6.11. The van der Waals surface area contributed by atoms with Crippen molar-refractivity contribution in [3.8, 4) is 6.07 Å². The predicted octanol–water partition coefficient (Wildman–Crippen LogP) is 2.34. The Bertz CT molecular complexity index is 217. The van der Waals surface area contributed by atoms with Crippen LogP contribution >= 0.6 is 0 Å². The lowest BCUT2D eigenvalue weighted by molar-refractivity contribution is -0.123. The van der Waals surface area contributed by atoms with Crippen LogP contribution in [0.1, 0.15) is 25.7 Å². The SMILES string of the molecule is N#CC1(C2CC(F)(F)C2)CC1. The zero-order chi connectivity index (χ0) is 8.11. The van der Waals surface area contributed by atoms with Crippen LogP contribution in [-0.2, 0) is 0 Å². The Hall–Kier alpha value is -0.650. The van der Waals surface area contributed by atoms with Gasteiger partial charge in [0.1, 0.15) is 0 Å². The third kappa shape index (κ3) is 0.926.